The summed E-state index contributed by atoms with van der Waals surface area (Å²) in [6.07, 6.45) is 0. The zero-order valence-electron chi connectivity index (χ0n) is 8.53. The van der Waals surface area contributed by atoms with Gasteiger partial charge in [-0.3, -0.25) is 0 Å². The Balaban J connectivity index is 2.78. The molecule has 0 spiro atoms. The van der Waals surface area contributed by atoms with Crippen LogP contribution in [-0.2, 0) is 0 Å². The van der Waals surface area contributed by atoms with Gasteiger partial charge in [0, 0.05) is 16.8 Å². The molecule has 1 aromatic carbocycles. The molecule has 0 saturated heterocycles. The number of hydrogen-bond donors (Lipinski definition) is 1. The molecule has 0 aliphatic rings. The smallest absolute Gasteiger partial charge is 0.0422 e. The van der Waals surface area contributed by atoms with Gasteiger partial charge >= 0.3 is 0 Å². The second-order valence-corrected chi connectivity index (χ2v) is 5.68. The normalized spacial score (nSPS) is 13.2. The summed E-state index contributed by atoms with van der Waals surface area (Å²) in [5.41, 5.74) is 6.96. The summed E-state index contributed by atoms with van der Waals surface area (Å²) >= 11 is 7.81. The van der Waals surface area contributed by atoms with Crippen molar-refractivity contribution in [2.45, 2.75) is 24.3 Å². The molecule has 78 valence electrons. The van der Waals surface area contributed by atoms with E-state index < -0.39 is 0 Å². The molecule has 1 atom stereocenters. The van der Waals surface area contributed by atoms with Crippen LogP contribution in [0, 0.1) is 0 Å². The Morgan fingerprint density at radius 2 is 2.14 bits per heavy atom. The van der Waals surface area contributed by atoms with E-state index in [0.29, 0.717) is 17.0 Å². The second kappa shape index (κ2) is 5.64. The van der Waals surface area contributed by atoms with Crippen molar-refractivity contribution < 1.29 is 0 Å². The van der Waals surface area contributed by atoms with Crippen LogP contribution in [0.3, 0.4) is 0 Å². The molecule has 2 N–H and O–H groups in total. The molecule has 0 aromatic heterocycles. The molecule has 1 nitrogen and oxygen atoms in total. The van der Waals surface area contributed by atoms with Crippen molar-refractivity contribution in [2.75, 3.05) is 6.54 Å². The molecule has 14 heavy (non-hydrogen) atoms. The van der Waals surface area contributed by atoms with Crippen LogP contribution >= 0.6 is 23.4 Å². The van der Waals surface area contributed by atoms with Gasteiger partial charge < -0.3 is 5.73 Å². The van der Waals surface area contributed by atoms with Crippen molar-refractivity contribution in [3.63, 3.8) is 0 Å². The van der Waals surface area contributed by atoms with E-state index in [1.165, 1.54) is 5.56 Å². The molecule has 1 rings (SSSR count). The number of halogens is 1. The molecular formula is C11H16ClNS. The Labute approximate surface area is 95.0 Å². The zero-order chi connectivity index (χ0) is 10.6. The van der Waals surface area contributed by atoms with Crippen LogP contribution in [0.2, 0.25) is 5.02 Å². The van der Waals surface area contributed by atoms with Crippen LogP contribution in [-0.4, -0.2) is 11.8 Å². The third-order valence-electron chi connectivity index (χ3n) is 1.87. The Morgan fingerprint density at radius 3 is 2.64 bits per heavy atom. The number of benzene rings is 1. The summed E-state index contributed by atoms with van der Waals surface area (Å²) in [4.78, 5) is 0. The maximum Gasteiger partial charge on any atom is 0.0422 e. The molecular weight excluding hydrogens is 214 g/mol. The molecule has 0 fully saturated rings. The van der Waals surface area contributed by atoms with Crippen molar-refractivity contribution >= 4 is 23.4 Å². The first-order valence-corrected chi connectivity index (χ1v) is 6.06. The monoisotopic (exact) mass is 229 g/mol. The lowest BCUT2D eigenvalue weighted by Gasteiger charge is -2.17. The minimum Gasteiger partial charge on any atom is -0.329 e. The van der Waals surface area contributed by atoms with E-state index in [1.54, 1.807) is 0 Å². The molecule has 0 aliphatic carbocycles. The summed E-state index contributed by atoms with van der Waals surface area (Å²) in [5.74, 6) is 0. The fraction of sp³-hybridized carbons (Fsp3) is 0.455. The lowest BCUT2D eigenvalue weighted by atomic mass is 10.1. The summed E-state index contributed by atoms with van der Waals surface area (Å²) in [7, 11) is 0. The Kier molecular flexibility index (Phi) is 4.79. The third-order valence-corrected chi connectivity index (χ3v) is 3.44. The maximum absolute atomic E-state index is 5.93. The van der Waals surface area contributed by atoms with Gasteiger partial charge in [0.15, 0.2) is 0 Å². The summed E-state index contributed by atoms with van der Waals surface area (Å²) in [6, 6.07) is 7.94. The number of rotatable bonds is 4. The maximum atomic E-state index is 5.93. The molecule has 0 amide bonds. The number of thioether (sulfide) groups is 1. The second-order valence-electron chi connectivity index (χ2n) is 3.46. The lowest BCUT2D eigenvalue weighted by Crippen LogP contribution is -2.11. The van der Waals surface area contributed by atoms with Gasteiger partial charge in [-0.15, -0.1) is 11.8 Å². The van der Waals surface area contributed by atoms with Gasteiger partial charge in [0.2, 0.25) is 0 Å². The highest BCUT2D eigenvalue weighted by atomic mass is 35.5. The van der Waals surface area contributed by atoms with E-state index in [1.807, 2.05) is 30.0 Å². The van der Waals surface area contributed by atoms with Crippen molar-refractivity contribution in [3.8, 4) is 0 Å². The van der Waals surface area contributed by atoms with Crippen LogP contribution in [0.4, 0.5) is 0 Å². The highest BCUT2D eigenvalue weighted by Crippen LogP contribution is 2.32. The van der Waals surface area contributed by atoms with E-state index >= 15 is 0 Å². The SMILES string of the molecule is CC(C)S[C@H](CN)c1cccc(Cl)c1. The van der Waals surface area contributed by atoms with E-state index in [0.717, 1.165) is 5.02 Å². The summed E-state index contributed by atoms with van der Waals surface area (Å²) in [5, 5.41) is 1.72. The van der Waals surface area contributed by atoms with Crippen LogP contribution < -0.4 is 5.73 Å². The minimum atomic E-state index is 0.355. The molecule has 0 heterocycles. The first kappa shape index (κ1) is 11.9. The van der Waals surface area contributed by atoms with Gasteiger partial charge in [-0.1, -0.05) is 37.6 Å². The van der Waals surface area contributed by atoms with Gasteiger partial charge in [-0.2, -0.15) is 0 Å². The third kappa shape index (κ3) is 3.52. The highest BCUT2D eigenvalue weighted by Gasteiger charge is 2.11. The van der Waals surface area contributed by atoms with E-state index in [2.05, 4.69) is 19.9 Å². The fourth-order valence-corrected chi connectivity index (χ4v) is 2.58. The van der Waals surface area contributed by atoms with Gasteiger partial charge in [0.05, 0.1) is 0 Å². The van der Waals surface area contributed by atoms with E-state index in [4.69, 9.17) is 17.3 Å². The first-order valence-electron chi connectivity index (χ1n) is 4.74. The Bertz CT molecular complexity index is 288. The van der Waals surface area contributed by atoms with Gasteiger partial charge in [-0.25, -0.2) is 0 Å². The molecule has 3 heteroatoms. The van der Waals surface area contributed by atoms with Crippen LogP contribution in [0.5, 0.6) is 0 Å². The fourth-order valence-electron chi connectivity index (χ4n) is 1.31. The van der Waals surface area contributed by atoms with Crippen LogP contribution in [0.25, 0.3) is 0 Å². The van der Waals surface area contributed by atoms with E-state index in [-0.39, 0.29) is 0 Å². The van der Waals surface area contributed by atoms with Gasteiger partial charge in [0.1, 0.15) is 0 Å². The van der Waals surface area contributed by atoms with Gasteiger partial charge in [0.25, 0.3) is 0 Å². The largest absolute Gasteiger partial charge is 0.329 e. The standard InChI is InChI=1S/C11H16ClNS/c1-8(2)14-11(7-13)9-4-3-5-10(12)6-9/h3-6,8,11H,7,13H2,1-2H3/t11-/m1/s1. The molecule has 0 aliphatic heterocycles. The molecule has 1 aromatic rings. The van der Waals surface area contributed by atoms with Crippen molar-refractivity contribution in [1.29, 1.82) is 0 Å². The average molecular weight is 230 g/mol. The van der Waals surface area contributed by atoms with Gasteiger partial charge in [-0.05, 0) is 22.9 Å². The highest BCUT2D eigenvalue weighted by molar-refractivity contribution is 8.00. The quantitative estimate of drug-likeness (QED) is 0.856. The lowest BCUT2D eigenvalue weighted by molar-refractivity contribution is 0.928. The Hall–Kier alpha value is -0.180. The summed E-state index contributed by atoms with van der Waals surface area (Å²) in [6.45, 7) is 5.01. The first-order chi connectivity index (χ1) is 6.63. The molecule has 0 radical (unpaired) electrons. The van der Waals surface area contributed by atoms with Crippen molar-refractivity contribution in [2.24, 2.45) is 5.73 Å². The number of hydrogen-bond acceptors (Lipinski definition) is 2. The van der Waals surface area contributed by atoms with Crippen LogP contribution in [0.15, 0.2) is 24.3 Å². The van der Waals surface area contributed by atoms with E-state index in [9.17, 15) is 0 Å². The predicted octanol–water partition coefficient (Wildman–Crippen LogP) is 3.48. The molecule has 0 bridgehead atoms. The average Bonchev–Trinajstić information content (AvgIpc) is 2.14. The van der Waals surface area contributed by atoms with Crippen LogP contribution in [0.1, 0.15) is 24.7 Å². The topological polar surface area (TPSA) is 26.0 Å². The van der Waals surface area contributed by atoms with Crippen molar-refractivity contribution in [3.05, 3.63) is 34.9 Å². The zero-order valence-corrected chi connectivity index (χ0v) is 10.1. The minimum absolute atomic E-state index is 0.355. The van der Waals surface area contributed by atoms with Crippen molar-refractivity contribution in [1.82, 2.24) is 0 Å². The molecule has 0 saturated carbocycles. The summed E-state index contributed by atoms with van der Waals surface area (Å²) < 4.78 is 0. The predicted molar refractivity (Wildman–Crippen MR) is 66.0 cm³/mol. The molecule has 0 unspecified atom stereocenters. The number of nitrogens with two attached hydrogens (primary N) is 1. The Morgan fingerprint density at radius 1 is 1.43 bits per heavy atom.